The SMILES string of the molecule is O=C1CCCC2=C1C(c1ccc(Cl)c([N+](=O)[O-])c1)C1=C(CCS1)N2. The normalized spacial score (nSPS) is 23.0. The zero-order valence-corrected chi connectivity index (χ0v) is 14.4. The first kappa shape index (κ1) is 15.7. The van der Waals surface area contributed by atoms with Gasteiger partial charge >= 0.3 is 0 Å². The van der Waals surface area contributed by atoms with Gasteiger partial charge < -0.3 is 5.32 Å². The zero-order chi connectivity index (χ0) is 16.8. The molecule has 0 aromatic heterocycles. The minimum absolute atomic E-state index is 0.108. The highest BCUT2D eigenvalue weighted by Gasteiger charge is 2.39. The number of benzene rings is 1. The van der Waals surface area contributed by atoms with Crippen molar-refractivity contribution in [3.8, 4) is 0 Å². The van der Waals surface area contributed by atoms with Crippen LogP contribution in [-0.4, -0.2) is 16.5 Å². The van der Waals surface area contributed by atoms with Crippen molar-refractivity contribution < 1.29 is 9.72 Å². The van der Waals surface area contributed by atoms with Crippen molar-refractivity contribution in [2.45, 2.75) is 31.6 Å². The topological polar surface area (TPSA) is 72.2 Å². The van der Waals surface area contributed by atoms with Gasteiger partial charge in [0.25, 0.3) is 5.69 Å². The molecule has 1 aliphatic carbocycles. The molecule has 0 fully saturated rings. The van der Waals surface area contributed by atoms with Crippen LogP contribution in [0.15, 0.2) is 40.1 Å². The lowest BCUT2D eigenvalue weighted by Gasteiger charge is -2.33. The Labute approximate surface area is 148 Å². The molecule has 0 amide bonds. The summed E-state index contributed by atoms with van der Waals surface area (Å²) in [5.74, 6) is 0.913. The van der Waals surface area contributed by atoms with E-state index in [9.17, 15) is 14.9 Å². The highest BCUT2D eigenvalue weighted by atomic mass is 35.5. The van der Waals surface area contributed by atoms with Crippen molar-refractivity contribution in [1.29, 1.82) is 0 Å². The summed E-state index contributed by atoms with van der Waals surface area (Å²) >= 11 is 7.69. The summed E-state index contributed by atoms with van der Waals surface area (Å²) in [6.07, 6.45) is 3.19. The van der Waals surface area contributed by atoms with E-state index in [0.29, 0.717) is 6.42 Å². The maximum Gasteiger partial charge on any atom is 0.288 e. The molecular weight excluding hydrogens is 348 g/mol. The number of carbonyl (C=O) groups is 1. The number of thioether (sulfide) groups is 1. The van der Waals surface area contributed by atoms with Gasteiger partial charge in [-0.1, -0.05) is 17.7 Å². The lowest BCUT2D eigenvalue weighted by molar-refractivity contribution is -0.384. The first-order valence-electron chi connectivity index (χ1n) is 7.89. The summed E-state index contributed by atoms with van der Waals surface area (Å²) in [6.45, 7) is 0. The number of nitro groups is 1. The van der Waals surface area contributed by atoms with Crippen molar-refractivity contribution in [3.05, 3.63) is 60.8 Å². The lowest BCUT2D eigenvalue weighted by Crippen LogP contribution is -2.30. The van der Waals surface area contributed by atoms with Crippen LogP contribution in [0.25, 0.3) is 0 Å². The maximum absolute atomic E-state index is 12.6. The molecule has 0 saturated carbocycles. The third kappa shape index (κ3) is 2.45. The van der Waals surface area contributed by atoms with E-state index in [1.807, 2.05) is 0 Å². The Bertz CT molecular complexity index is 831. The van der Waals surface area contributed by atoms with Crippen molar-refractivity contribution >= 4 is 34.8 Å². The van der Waals surface area contributed by atoms with Crippen LogP contribution >= 0.6 is 23.4 Å². The highest BCUT2D eigenvalue weighted by Crippen LogP contribution is 2.50. The van der Waals surface area contributed by atoms with Gasteiger partial charge in [-0.3, -0.25) is 14.9 Å². The van der Waals surface area contributed by atoms with Crippen LogP contribution in [0, 0.1) is 10.1 Å². The quantitative estimate of drug-likeness (QED) is 0.627. The van der Waals surface area contributed by atoms with Gasteiger partial charge in [-0.2, -0.15) is 0 Å². The van der Waals surface area contributed by atoms with Crippen LogP contribution in [0.4, 0.5) is 5.69 Å². The molecule has 1 unspecified atom stereocenters. The second-order valence-electron chi connectivity index (χ2n) is 6.14. The van der Waals surface area contributed by atoms with Crippen molar-refractivity contribution in [2.75, 3.05) is 5.75 Å². The number of nitrogens with one attached hydrogen (secondary N) is 1. The number of rotatable bonds is 2. The smallest absolute Gasteiger partial charge is 0.288 e. The summed E-state index contributed by atoms with van der Waals surface area (Å²) < 4.78 is 0. The highest BCUT2D eigenvalue weighted by molar-refractivity contribution is 8.03. The van der Waals surface area contributed by atoms with Gasteiger partial charge in [0.2, 0.25) is 0 Å². The van der Waals surface area contributed by atoms with E-state index in [-0.39, 0.29) is 22.4 Å². The van der Waals surface area contributed by atoms with Gasteiger partial charge in [0.15, 0.2) is 5.78 Å². The Balaban J connectivity index is 1.88. The number of Topliss-reactive ketones (excluding diaryl/α,β-unsaturated/α-hetero) is 1. The largest absolute Gasteiger partial charge is 0.361 e. The first-order valence-corrected chi connectivity index (χ1v) is 9.25. The Morgan fingerprint density at radius 2 is 2.08 bits per heavy atom. The number of nitrogens with zero attached hydrogens (tertiary/aromatic N) is 1. The predicted octanol–water partition coefficient (Wildman–Crippen LogP) is 4.29. The molecule has 0 bridgehead atoms. The van der Waals surface area contributed by atoms with E-state index in [1.54, 1.807) is 23.9 Å². The average Bonchev–Trinajstić information content (AvgIpc) is 3.01. The number of halogens is 1. The van der Waals surface area contributed by atoms with Crippen molar-refractivity contribution in [1.82, 2.24) is 5.32 Å². The van der Waals surface area contributed by atoms with Crippen LogP contribution in [0.1, 0.15) is 37.2 Å². The van der Waals surface area contributed by atoms with Crippen LogP contribution in [0.3, 0.4) is 0 Å². The number of carbonyl (C=O) groups excluding carboxylic acids is 1. The fourth-order valence-corrected chi connectivity index (χ4v) is 5.12. The second kappa shape index (κ2) is 5.93. The summed E-state index contributed by atoms with van der Waals surface area (Å²) in [4.78, 5) is 24.5. The summed E-state index contributed by atoms with van der Waals surface area (Å²) in [5, 5.41) is 14.8. The molecular formula is C17H15ClN2O3S. The number of allylic oxidation sites excluding steroid dienone is 4. The van der Waals surface area contributed by atoms with E-state index >= 15 is 0 Å². The summed E-state index contributed by atoms with van der Waals surface area (Å²) in [7, 11) is 0. The molecule has 1 N–H and O–H groups in total. The molecule has 0 spiro atoms. The van der Waals surface area contributed by atoms with E-state index in [1.165, 1.54) is 6.07 Å². The van der Waals surface area contributed by atoms with Crippen molar-refractivity contribution in [2.24, 2.45) is 0 Å². The van der Waals surface area contributed by atoms with E-state index < -0.39 is 4.92 Å². The van der Waals surface area contributed by atoms with E-state index in [0.717, 1.165) is 52.5 Å². The molecule has 0 radical (unpaired) electrons. The van der Waals surface area contributed by atoms with E-state index in [2.05, 4.69) is 5.32 Å². The molecule has 7 heteroatoms. The van der Waals surface area contributed by atoms with Gasteiger partial charge in [0, 0.05) is 46.0 Å². The Morgan fingerprint density at radius 1 is 1.25 bits per heavy atom. The molecule has 2 aliphatic heterocycles. The van der Waals surface area contributed by atoms with Gasteiger partial charge in [-0.25, -0.2) is 0 Å². The Morgan fingerprint density at radius 3 is 2.88 bits per heavy atom. The van der Waals surface area contributed by atoms with Gasteiger partial charge in [0.05, 0.1) is 4.92 Å². The average molecular weight is 363 g/mol. The molecule has 1 aromatic rings. The molecule has 24 heavy (non-hydrogen) atoms. The third-order valence-electron chi connectivity index (χ3n) is 4.72. The molecule has 3 aliphatic rings. The van der Waals surface area contributed by atoms with Crippen molar-refractivity contribution in [3.63, 3.8) is 0 Å². The number of hydrogen-bond donors (Lipinski definition) is 1. The van der Waals surface area contributed by atoms with Gasteiger partial charge in [0.1, 0.15) is 5.02 Å². The number of dihydropyridines is 1. The fraction of sp³-hybridized carbons (Fsp3) is 0.353. The predicted molar refractivity (Wildman–Crippen MR) is 94.0 cm³/mol. The molecule has 124 valence electrons. The number of nitro benzene ring substituents is 1. The Hall–Kier alpha value is -1.79. The minimum Gasteiger partial charge on any atom is -0.361 e. The lowest BCUT2D eigenvalue weighted by atomic mass is 9.79. The summed E-state index contributed by atoms with van der Waals surface area (Å²) in [5.41, 5.74) is 3.61. The Kier molecular flexibility index (Phi) is 3.89. The van der Waals surface area contributed by atoms with Crippen LogP contribution in [0.2, 0.25) is 5.02 Å². The fourth-order valence-electron chi connectivity index (χ4n) is 3.66. The molecule has 2 heterocycles. The first-order chi connectivity index (χ1) is 11.6. The maximum atomic E-state index is 12.6. The van der Waals surface area contributed by atoms with E-state index in [4.69, 9.17) is 11.6 Å². The number of hydrogen-bond acceptors (Lipinski definition) is 5. The molecule has 1 atom stereocenters. The van der Waals surface area contributed by atoms with Crippen LogP contribution in [0.5, 0.6) is 0 Å². The second-order valence-corrected chi connectivity index (χ2v) is 7.68. The molecule has 5 nitrogen and oxygen atoms in total. The van der Waals surface area contributed by atoms with Crippen LogP contribution in [-0.2, 0) is 4.79 Å². The van der Waals surface area contributed by atoms with Gasteiger partial charge in [-0.15, -0.1) is 11.8 Å². The molecule has 0 saturated heterocycles. The molecule has 4 rings (SSSR count). The minimum atomic E-state index is -0.470. The van der Waals surface area contributed by atoms with Gasteiger partial charge in [-0.05, 0) is 30.9 Å². The molecule has 1 aromatic carbocycles. The standard InChI is InChI=1S/C17H15ClN2O3S/c18-10-5-4-9(8-13(10)20(22)23)15-16-11(2-1-3-14(16)21)19-12-6-7-24-17(12)15/h4-5,8,15,19H,1-3,6-7H2. The monoisotopic (exact) mass is 362 g/mol. The number of ketones is 1. The third-order valence-corrected chi connectivity index (χ3v) is 6.24. The summed E-state index contributed by atoms with van der Waals surface area (Å²) in [6, 6.07) is 4.89. The zero-order valence-electron chi connectivity index (χ0n) is 12.8. The van der Waals surface area contributed by atoms with Crippen LogP contribution < -0.4 is 5.32 Å².